The zero-order chi connectivity index (χ0) is 13.0. The Morgan fingerprint density at radius 1 is 1.50 bits per heavy atom. The molecule has 0 aliphatic rings. The lowest BCUT2D eigenvalue weighted by Crippen LogP contribution is -2.24. The summed E-state index contributed by atoms with van der Waals surface area (Å²) in [6.07, 6.45) is 1.03. The molecule has 0 aliphatic heterocycles. The molecule has 2 N–H and O–H groups in total. The quantitative estimate of drug-likeness (QED) is 0.874. The molecule has 0 saturated heterocycles. The van der Waals surface area contributed by atoms with Crippen molar-refractivity contribution in [2.45, 2.75) is 19.1 Å². The highest BCUT2D eigenvalue weighted by Crippen LogP contribution is 2.17. The van der Waals surface area contributed by atoms with Gasteiger partial charge in [-0.05, 0) is 24.6 Å². The third kappa shape index (κ3) is 3.35. The molecular formula is C13H15FN2OS. The summed E-state index contributed by atoms with van der Waals surface area (Å²) in [6, 6.07) is 6.09. The van der Waals surface area contributed by atoms with Gasteiger partial charge in [-0.2, -0.15) is 0 Å². The highest BCUT2D eigenvalue weighted by Gasteiger charge is 2.12. The van der Waals surface area contributed by atoms with Crippen LogP contribution in [0.5, 0.6) is 0 Å². The fourth-order valence-corrected chi connectivity index (χ4v) is 2.33. The number of benzene rings is 1. The average molecular weight is 266 g/mol. The van der Waals surface area contributed by atoms with Crippen molar-refractivity contribution in [2.75, 3.05) is 6.54 Å². The molecule has 3 nitrogen and oxygen atoms in total. The molecule has 0 spiro atoms. The lowest BCUT2D eigenvalue weighted by atomic mass is 10.1. The van der Waals surface area contributed by atoms with E-state index in [-0.39, 0.29) is 11.9 Å². The van der Waals surface area contributed by atoms with E-state index in [0.29, 0.717) is 12.1 Å². The molecule has 5 heteroatoms. The van der Waals surface area contributed by atoms with Crippen molar-refractivity contribution in [3.8, 4) is 0 Å². The van der Waals surface area contributed by atoms with Crippen molar-refractivity contribution >= 4 is 11.3 Å². The van der Waals surface area contributed by atoms with Gasteiger partial charge in [0.2, 0.25) is 0 Å². The van der Waals surface area contributed by atoms with E-state index in [2.05, 4.69) is 10.3 Å². The van der Waals surface area contributed by atoms with Crippen LogP contribution < -0.4 is 5.32 Å². The minimum atomic E-state index is -0.719. The normalized spacial score (nSPS) is 14.4. The molecule has 1 aromatic heterocycles. The van der Waals surface area contributed by atoms with Crippen LogP contribution in [-0.4, -0.2) is 16.6 Å². The minimum absolute atomic E-state index is 0.0770. The number of nitrogens with one attached hydrogen (secondary N) is 1. The van der Waals surface area contributed by atoms with Crippen molar-refractivity contribution in [3.63, 3.8) is 0 Å². The fraction of sp³-hybridized carbons (Fsp3) is 0.308. The SMILES string of the molecule is CC(NCC(O)c1cccc(F)c1)c1nccs1. The first-order valence-electron chi connectivity index (χ1n) is 5.73. The van der Waals surface area contributed by atoms with E-state index in [4.69, 9.17) is 0 Å². The molecule has 1 heterocycles. The Bertz CT molecular complexity index is 489. The molecule has 2 unspecified atom stereocenters. The Hall–Kier alpha value is -1.30. The molecule has 0 amide bonds. The van der Waals surface area contributed by atoms with Crippen LogP contribution in [0.4, 0.5) is 4.39 Å². The van der Waals surface area contributed by atoms with Gasteiger partial charge in [0.25, 0.3) is 0 Å². The second kappa shape index (κ2) is 6.04. The highest BCUT2D eigenvalue weighted by molar-refractivity contribution is 7.09. The van der Waals surface area contributed by atoms with Crippen LogP contribution in [0.2, 0.25) is 0 Å². The van der Waals surface area contributed by atoms with E-state index >= 15 is 0 Å². The van der Waals surface area contributed by atoms with Gasteiger partial charge in [0.15, 0.2) is 0 Å². The molecule has 1 aromatic carbocycles. The first-order valence-corrected chi connectivity index (χ1v) is 6.61. The number of hydrogen-bond donors (Lipinski definition) is 2. The van der Waals surface area contributed by atoms with Gasteiger partial charge in [0.1, 0.15) is 10.8 Å². The highest BCUT2D eigenvalue weighted by atomic mass is 32.1. The van der Waals surface area contributed by atoms with E-state index in [1.54, 1.807) is 29.7 Å². The number of aliphatic hydroxyl groups excluding tert-OH is 1. The number of aromatic nitrogens is 1. The monoisotopic (exact) mass is 266 g/mol. The van der Waals surface area contributed by atoms with Crippen molar-refractivity contribution in [3.05, 3.63) is 52.2 Å². The summed E-state index contributed by atoms with van der Waals surface area (Å²) >= 11 is 1.57. The fourth-order valence-electron chi connectivity index (χ4n) is 1.66. The van der Waals surface area contributed by atoms with Gasteiger partial charge in [0.05, 0.1) is 12.1 Å². The number of halogens is 1. The Labute approximate surface area is 109 Å². The van der Waals surface area contributed by atoms with Gasteiger partial charge in [-0.1, -0.05) is 12.1 Å². The molecule has 2 rings (SSSR count). The van der Waals surface area contributed by atoms with E-state index in [1.165, 1.54) is 12.1 Å². The topological polar surface area (TPSA) is 45.1 Å². The summed E-state index contributed by atoms with van der Waals surface area (Å²) in [5.41, 5.74) is 0.578. The van der Waals surface area contributed by atoms with Gasteiger partial charge >= 0.3 is 0 Å². The van der Waals surface area contributed by atoms with Gasteiger partial charge in [-0.15, -0.1) is 11.3 Å². The number of aliphatic hydroxyl groups is 1. The Morgan fingerprint density at radius 2 is 2.33 bits per heavy atom. The molecule has 2 aromatic rings. The lowest BCUT2D eigenvalue weighted by Gasteiger charge is -2.15. The number of thiazole rings is 1. The minimum Gasteiger partial charge on any atom is -0.387 e. The van der Waals surface area contributed by atoms with Gasteiger partial charge < -0.3 is 10.4 Å². The van der Waals surface area contributed by atoms with Gasteiger partial charge in [0, 0.05) is 18.1 Å². The zero-order valence-corrected chi connectivity index (χ0v) is 10.8. The summed E-state index contributed by atoms with van der Waals surface area (Å²) in [5.74, 6) is -0.334. The molecule has 0 radical (unpaired) electrons. The second-order valence-electron chi connectivity index (χ2n) is 4.07. The zero-order valence-electron chi connectivity index (χ0n) is 10.0. The summed E-state index contributed by atoms with van der Waals surface area (Å²) in [6.45, 7) is 2.35. The third-order valence-corrected chi connectivity index (χ3v) is 3.63. The molecule has 0 bridgehead atoms. The molecule has 2 atom stereocenters. The third-order valence-electron chi connectivity index (χ3n) is 2.67. The standard InChI is InChI=1S/C13H15FN2OS/c1-9(13-15-5-6-18-13)16-8-12(17)10-3-2-4-11(14)7-10/h2-7,9,12,16-17H,8H2,1H3. The molecule has 96 valence electrons. The summed E-state index contributed by atoms with van der Waals surface area (Å²) < 4.78 is 13.0. The van der Waals surface area contributed by atoms with E-state index in [9.17, 15) is 9.50 Å². The van der Waals surface area contributed by atoms with E-state index in [1.807, 2.05) is 12.3 Å². The van der Waals surface area contributed by atoms with Crippen molar-refractivity contribution in [1.29, 1.82) is 0 Å². The van der Waals surface area contributed by atoms with Crippen molar-refractivity contribution in [2.24, 2.45) is 0 Å². The number of rotatable bonds is 5. The van der Waals surface area contributed by atoms with Gasteiger partial charge in [-0.3, -0.25) is 0 Å². The molecule has 0 fully saturated rings. The van der Waals surface area contributed by atoms with Gasteiger partial charge in [-0.25, -0.2) is 9.37 Å². The number of hydrogen-bond acceptors (Lipinski definition) is 4. The Balaban J connectivity index is 1.90. The molecule has 18 heavy (non-hydrogen) atoms. The van der Waals surface area contributed by atoms with Crippen LogP contribution in [0.15, 0.2) is 35.8 Å². The van der Waals surface area contributed by atoms with Crippen molar-refractivity contribution < 1.29 is 9.50 Å². The van der Waals surface area contributed by atoms with E-state index in [0.717, 1.165) is 5.01 Å². The maximum atomic E-state index is 13.0. The second-order valence-corrected chi connectivity index (χ2v) is 5.00. The van der Waals surface area contributed by atoms with E-state index < -0.39 is 6.10 Å². The maximum Gasteiger partial charge on any atom is 0.123 e. The summed E-state index contributed by atoms with van der Waals surface area (Å²) in [4.78, 5) is 4.20. The van der Waals surface area contributed by atoms with Crippen LogP contribution in [0.1, 0.15) is 29.6 Å². The van der Waals surface area contributed by atoms with Crippen LogP contribution in [0.25, 0.3) is 0 Å². The van der Waals surface area contributed by atoms with Crippen molar-refractivity contribution in [1.82, 2.24) is 10.3 Å². The largest absolute Gasteiger partial charge is 0.387 e. The predicted octanol–water partition coefficient (Wildman–Crippen LogP) is 2.67. The maximum absolute atomic E-state index is 13.0. The predicted molar refractivity (Wildman–Crippen MR) is 69.9 cm³/mol. The van der Waals surface area contributed by atoms with Crippen LogP contribution in [0.3, 0.4) is 0 Å². The Morgan fingerprint density at radius 3 is 3.00 bits per heavy atom. The van der Waals surface area contributed by atoms with Crippen LogP contribution in [-0.2, 0) is 0 Å². The average Bonchev–Trinajstić information content (AvgIpc) is 2.89. The van der Waals surface area contributed by atoms with Crippen LogP contribution in [0, 0.1) is 5.82 Å². The Kier molecular flexibility index (Phi) is 4.41. The smallest absolute Gasteiger partial charge is 0.123 e. The lowest BCUT2D eigenvalue weighted by molar-refractivity contribution is 0.170. The molecule has 0 aliphatic carbocycles. The first-order chi connectivity index (χ1) is 8.66. The molecular weight excluding hydrogens is 251 g/mol. The van der Waals surface area contributed by atoms with Crippen LogP contribution >= 0.6 is 11.3 Å². The first kappa shape index (κ1) is 13.1. The number of nitrogens with zero attached hydrogens (tertiary/aromatic N) is 1. The summed E-state index contributed by atoms with van der Waals surface area (Å²) in [5, 5.41) is 16.0. The summed E-state index contributed by atoms with van der Waals surface area (Å²) in [7, 11) is 0. The molecule has 0 saturated carbocycles.